The van der Waals surface area contributed by atoms with E-state index < -0.39 is 5.54 Å². The molecule has 2 heterocycles. The fourth-order valence-corrected chi connectivity index (χ4v) is 3.67. The lowest BCUT2D eigenvalue weighted by Crippen LogP contribution is -2.43. The van der Waals surface area contributed by atoms with Crippen molar-refractivity contribution >= 4 is 22.9 Å². The van der Waals surface area contributed by atoms with E-state index in [1.165, 1.54) is 0 Å². The second-order valence-corrected chi connectivity index (χ2v) is 6.02. The molecule has 0 bridgehead atoms. The third-order valence-corrected chi connectivity index (χ3v) is 4.96. The molecule has 0 saturated carbocycles. The van der Waals surface area contributed by atoms with Crippen LogP contribution in [0.2, 0.25) is 0 Å². The molecule has 0 saturated heterocycles. The van der Waals surface area contributed by atoms with Gasteiger partial charge >= 0.3 is 0 Å². The molecule has 4 heteroatoms. The van der Waals surface area contributed by atoms with Crippen molar-refractivity contribution in [1.82, 2.24) is 4.98 Å². The number of methoxy groups -OCH3 is 1. The number of anilines is 1. The Hall–Kier alpha value is -2.75. The lowest BCUT2D eigenvalue weighted by molar-refractivity contribution is -0.112. The summed E-state index contributed by atoms with van der Waals surface area (Å²) in [5.74, 6) is 0.817. The van der Waals surface area contributed by atoms with Gasteiger partial charge in [-0.2, -0.15) is 0 Å². The first-order valence-electron chi connectivity index (χ1n) is 7.63. The molecule has 4 nitrogen and oxygen atoms in total. The van der Waals surface area contributed by atoms with Crippen LogP contribution in [0, 0.1) is 0 Å². The van der Waals surface area contributed by atoms with Crippen LogP contribution in [0.1, 0.15) is 11.1 Å². The summed E-state index contributed by atoms with van der Waals surface area (Å²) in [4.78, 5) is 17.6. The number of likely N-dealkylation sites (N-methyl/N-ethyl adjacent to an activating group) is 1. The van der Waals surface area contributed by atoms with Gasteiger partial charge in [-0.25, -0.2) is 0 Å². The predicted octanol–water partition coefficient (Wildman–Crippen LogP) is 3.26. The van der Waals surface area contributed by atoms with Crippen LogP contribution < -0.4 is 9.64 Å². The summed E-state index contributed by atoms with van der Waals surface area (Å²) < 4.78 is 5.32. The van der Waals surface area contributed by atoms with Crippen LogP contribution in [0.25, 0.3) is 10.9 Å². The lowest BCUT2D eigenvalue weighted by atomic mass is 9.87. The van der Waals surface area contributed by atoms with E-state index in [-0.39, 0.29) is 0 Å². The maximum absolute atomic E-state index is 12.2. The van der Waals surface area contributed by atoms with E-state index in [1.54, 1.807) is 7.11 Å². The molecular formula is C19H18N2O2. The Morgan fingerprint density at radius 1 is 1.26 bits per heavy atom. The Morgan fingerprint density at radius 3 is 2.87 bits per heavy atom. The van der Waals surface area contributed by atoms with E-state index in [0.29, 0.717) is 6.42 Å². The molecule has 1 aliphatic heterocycles. The van der Waals surface area contributed by atoms with Crippen molar-refractivity contribution in [3.05, 3.63) is 59.8 Å². The number of aromatic nitrogens is 1. The number of nitrogens with zero attached hydrogens (tertiary/aromatic N) is 1. The minimum Gasteiger partial charge on any atom is -0.497 e. The Labute approximate surface area is 134 Å². The van der Waals surface area contributed by atoms with E-state index in [0.717, 1.165) is 39.8 Å². The average molecular weight is 306 g/mol. The number of H-pyrrole nitrogens is 1. The van der Waals surface area contributed by atoms with Crippen molar-refractivity contribution in [2.75, 3.05) is 19.1 Å². The third kappa shape index (κ3) is 1.81. The third-order valence-electron chi connectivity index (χ3n) is 4.96. The predicted molar refractivity (Wildman–Crippen MR) is 91.1 cm³/mol. The van der Waals surface area contributed by atoms with Crippen LogP contribution >= 0.6 is 0 Å². The molecule has 1 atom stereocenters. The first-order chi connectivity index (χ1) is 11.2. The van der Waals surface area contributed by atoms with E-state index >= 15 is 0 Å². The van der Waals surface area contributed by atoms with E-state index in [1.807, 2.05) is 49.6 Å². The molecule has 0 fully saturated rings. The van der Waals surface area contributed by atoms with Gasteiger partial charge in [-0.05, 0) is 29.8 Å². The smallest absolute Gasteiger partial charge is 0.150 e. The summed E-state index contributed by atoms with van der Waals surface area (Å²) >= 11 is 0. The number of aldehydes is 1. The number of carbonyl (C=O) groups excluding carboxylic acids is 1. The summed E-state index contributed by atoms with van der Waals surface area (Å²) in [5.41, 5.74) is 3.58. The number of rotatable bonds is 3. The highest BCUT2D eigenvalue weighted by Crippen LogP contribution is 2.45. The Morgan fingerprint density at radius 2 is 2.09 bits per heavy atom. The molecule has 1 aromatic heterocycles. The van der Waals surface area contributed by atoms with Gasteiger partial charge in [-0.1, -0.05) is 18.2 Å². The minimum absolute atomic E-state index is 0.640. The van der Waals surface area contributed by atoms with Crippen molar-refractivity contribution in [3.8, 4) is 5.75 Å². The van der Waals surface area contributed by atoms with Crippen LogP contribution in [0.15, 0.2) is 48.7 Å². The van der Waals surface area contributed by atoms with Gasteiger partial charge in [-0.3, -0.25) is 0 Å². The number of ether oxygens (including phenoxy) is 1. The zero-order valence-electron chi connectivity index (χ0n) is 13.2. The van der Waals surface area contributed by atoms with Crippen molar-refractivity contribution in [1.29, 1.82) is 0 Å². The molecule has 23 heavy (non-hydrogen) atoms. The van der Waals surface area contributed by atoms with Crippen molar-refractivity contribution in [2.45, 2.75) is 12.0 Å². The average Bonchev–Trinajstić information content (AvgIpc) is 3.14. The highest BCUT2D eigenvalue weighted by molar-refractivity contribution is 5.92. The molecule has 0 aliphatic carbocycles. The summed E-state index contributed by atoms with van der Waals surface area (Å²) in [6, 6.07) is 14.1. The maximum atomic E-state index is 12.2. The first-order valence-corrected chi connectivity index (χ1v) is 7.63. The topological polar surface area (TPSA) is 45.3 Å². The van der Waals surface area contributed by atoms with E-state index in [9.17, 15) is 4.79 Å². The van der Waals surface area contributed by atoms with Gasteiger partial charge in [0, 0.05) is 41.8 Å². The molecule has 2 aromatic carbocycles. The molecule has 1 N–H and O–H groups in total. The van der Waals surface area contributed by atoms with Gasteiger partial charge in [-0.15, -0.1) is 0 Å². The monoisotopic (exact) mass is 306 g/mol. The Kier molecular flexibility index (Phi) is 2.94. The number of benzene rings is 2. The van der Waals surface area contributed by atoms with Crippen molar-refractivity contribution < 1.29 is 9.53 Å². The molecule has 0 radical (unpaired) electrons. The van der Waals surface area contributed by atoms with Crippen LogP contribution in [0.5, 0.6) is 5.75 Å². The van der Waals surface area contributed by atoms with Gasteiger partial charge in [0.2, 0.25) is 0 Å². The van der Waals surface area contributed by atoms with Gasteiger partial charge < -0.3 is 19.4 Å². The fourth-order valence-electron chi connectivity index (χ4n) is 3.67. The van der Waals surface area contributed by atoms with Crippen LogP contribution in [0.4, 0.5) is 5.69 Å². The van der Waals surface area contributed by atoms with Gasteiger partial charge in [0.25, 0.3) is 0 Å². The largest absolute Gasteiger partial charge is 0.497 e. The van der Waals surface area contributed by atoms with Crippen LogP contribution in [-0.2, 0) is 16.8 Å². The number of para-hydroxylation sites is 1. The molecular weight excluding hydrogens is 288 g/mol. The fraction of sp³-hybridized carbons (Fsp3) is 0.211. The van der Waals surface area contributed by atoms with Crippen LogP contribution in [0.3, 0.4) is 0 Å². The molecule has 0 amide bonds. The molecule has 4 rings (SSSR count). The molecule has 1 unspecified atom stereocenters. The summed E-state index contributed by atoms with van der Waals surface area (Å²) in [6.45, 7) is 0. The highest BCUT2D eigenvalue weighted by atomic mass is 16.5. The van der Waals surface area contributed by atoms with Gasteiger partial charge in [0.05, 0.1) is 7.11 Å². The minimum atomic E-state index is -0.686. The highest BCUT2D eigenvalue weighted by Gasteiger charge is 2.44. The Balaban J connectivity index is 1.90. The molecule has 116 valence electrons. The molecule has 1 aliphatic rings. The van der Waals surface area contributed by atoms with Crippen molar-refractivity contribution in [3.63, 3.8) is 0 Å². The molecule has 0 spiro atoms. The molecule has 3 aromatic rings. The zero-order valence-corrected chi connectivity index (χ0v) is 13.2. The number of aromatic amines is 1. The van der Waals surface area contributed by atoms with Crippen LogP contribution in [-0.4, -0.2) is 25.4 Å². The number of hydrogen-bond acceptors (Lipinski definition) is 3. The Bertz CT molecular complexity index is 899. The van der Waals surface area contributed by atoms with E-state index in [4.69, 9.17) is 4.74 Å². The SMILES string of the molecule is COc1ccc2c(c1)CC(C=O)(c1c[nH]c3ccccc13)N2C. The van der Waals surface area contributed by atoms with E-state index in [2.05, 4.69) is 16.0 Å². The summed E-state index contributed by atoms with van der Waals surface area (Å²) in [5, 5.41) is 1.09. The zero-order chi connectivity index (χ0) is 16.0. The number of hydrogen-bond donors (Lipinski definition) is 1. The van der Waals surface area contributed by atoms with Crippen molar-refractivity contribution in [2.24, 2.45) is 0 Å². The number of carbonyl (C=O) groups is 1. The quantitative estimate of drug-likeness (QED) is 0.755. The maximum Gasteiger partial charge on any atom is 0.150 e. The lowest BCUT2D eigenvalue weighted by Gasteiger charge is -2.32. The second-order valence-electron chi connectivity index (χ2n) is 6.02. The summed E-state index contributed by atoms with van der Waals surface area (Å²) in [6.07, 6.45) is 3.66. The van der Waals surface area contributed by atoms with Gasteiger partial charge in [0.1, 0.15) is 11.3 Å². The standard InChI is InChI=1S/C19H18N2O2/c1-21-18-8-7-14(23-2)9-13(18)10-19(21,12-22)16-11-20-17-6-4-3-5-15(16)17/h3-9,11-12,20H,10H2,1-2H3. The normalized spacial score (nSPS) is 19.8. The summed E-state index contributed by atoms with van der Waals surface area (Å²) in [7, 11) is 3.64. The second kappa shape index (κ2) is 4.88. The first kappa shape index (κ1) is 13.9. The number of fused-ring (bicyclic) bond motifs is 2. The number of nitrogens with one attached hydrogen (secondary N) is 1. The van der Waals surface area contributed by atoms with Gasteiger partial charge in [0.15, 0.2) is 6.29 Å².